The Morgan fingerprint density at radius 1 is 1.31 bits per heavy atom. The molecule has 0 saturated heterocycles. The molecule has 0 N–H and O–H groups in total. The second-order valence-corrected chi connectivity index (χ2v) is 5.98. The van der Waals surface area contributed by atoms with Gasteiger partial charge >= 0.3 is 0 Å². The van der Waals surface area contributed by atoms with E-state index in [2.05, 4.69) is 32.0 Å². The van der Waals surface area contributed by atoms with Gasteiger partial charge in [-0.25, -0.2) is 0 Å². The summed E-state index contributed by atoms with van der Waals surface area (Å²) >= 11 is 12.5. The number of hydrogen-bond donors (Lipinski definition) is 0. The predicted octanol–water partition coefficient (Wildman–Crippen LogP) is 4.84. The molecule has 1 aromatic rings. The summed E-state index contributed by atoms with van der Waals surface area (Å²) in [5.74, 6) is 1.31. The van der Waals surface area contributed by atoms with Crippen molar-refractivity contribution in [1.29, 1.82) is 0 Å². The Morgan fingerprint density at radius 2 is 2.06 bits per heavy atom. The van der Waals surface area contributed by atoms with Gasteiger partial charge in [0, 0.05) is 10.4 Å². The molecule has 0 aromatic heterocycles. The minimum atomic E-state index is 0.356. The summed E-state index contributed by atoms with van der Waals surface area (Å²) in [7, 11) is 0. The van der Waals surface area contributed by atoms with E-state index >= 15 is 0 Å². The summed E-state index contributed by atoms with van der Waals surface area (Å²) < 4.78 is 0. The molecular weight excluding hydrogens is 239 g/mol. The van der Waals surface area contributed by atoms with E-state index in [0.29, 0.717) is 17.2 Å². The first-order chi connectivity index (χ1) is 7.58. The van der Waals surface area contributed by atoms with Crippen LogP contribution >= 0.6 is 23.2 Å². The smallest absolute Gasteiger partial charge is 0.0440 e. The first-order valence-corrected chi connectivity index (χ1v) is 6.78. The predicted molar refractivity (Wildman–Crippen MR) is 71.4 cm³/mol. The van der Waals surface area contributed by atoms with E-state index in [-0.39, 0.29) is 0 Å². The van der Waals surface area contributed by atoms with Crippen molar-refractivity contribution >= 4 is 23.2 Å². The zero-order valence-electron chi connectivity index (χ0n) is 9.84. The maximum absolute atomic E-state index is 6.26. The number of aryl methyl sites for hydroxylation is 1. The van der Waals surface area contributed by atoms with Crippen molar-refractivity contribution in [1.82, 2.24) is 0 Å². The Hall–Kier alpha value is -0.200. The van der Waals surface area contributed by atoms with Crippen LogP contribution in [-0.2, 0) is 6.42 Å². The molecule has 3 unspecified atom stereocenters. The number of benzene rings is 1. The number of rotatable bonds is 2. The van der Waals surface area contributed by atoms with Crippen LogP contribution in [0.25, 0.3) is 0 Å². The van der Waals surface area contributed by atoms with Crippen LogP contribution in [0.4, 0.5) is 0 Å². The minimum Gasteiger partial charge on any atom is -0.123 e. The molecule has 1 aromatic carbocycles. The summed E-state index contributed by atoms with van der Waals surface area (Å²) in [6.07, 6.45) is 3.46. The van der Waals surface area contributed by atoms with E-state index in [0.717, 1.165) is 17.9 Å². The molecule has 88 valence electrons. The lowest BCUT2D eigenvalue weighted by molar-refractivity contribution is 0.420. The molecule has 1 aliphatic carbocycles. The molecule has 0 radical (unpaired) electrons. The highest BCUT2D eigenvalue weighted by molar-refractivity contribution is 6.31. The fraction of sp³-hybridized carbons (Fsp3) is 0.571. The van der Waals surface area contributed by atoms with Gasteiger partial charge in [0.15, 0.2) is 0 Å². The quantitative estimate of drug-likeness (QED) is 0.665. The van der Waals surface area contributed by atoms with Crippen LogP contribution in [0.1, 0.15) is 30.9 Å². The van der Waals surface area contributed by atoms with Crippen molar-refractivity contribution in [2.45, 2.75) is 38.5 Å². The molecule has 0 aliphatic heterocycles. The molecule has 0 heterocycles. The van der Waals surface area contributed by atoms with E-state index in [1.165, 1.54) is 17.5 Å². The number of alkyl halides is 1. The molecule has 1 fully saturated rings. The molecule has 16 heavy (non-hydrogen) atoms. The van der Waals surface area contributed by atoms with Crippen molar-refractivity contribution in [3.8, 4) is 0 Å². The second kappa shape index (κ2) is 4.98. The molecule has 0 amide bonds. The first-order valence-electron chi connectivity index (χ1n) is 5.97. The van der Waals surface area contributed by atoms with Crippen LogP contribution in [-0.4, -0.2) is 5.38 Å². The van der Waals surface area contributed by atoms with E-state index in [9.17, 15) is 0 Å². The Kier molecular flexibility index (Phi) is 3.81. The average molecular weight is 257 g/mol. The summed E-state index contributed by atoms with van der Waals surface area (Å²) in [4.78, 5) is 0. The molecule has 0 nitrogen and oxygen atoms in total. The maximum Gasteiger partial charge on any atom is 0.0440 e. The summed E-state index contributed by atoms with van der Waals surface area (Å²) in [5, 5.41) is 1.26. The summed E-state index contributed by atoms with van der Waals surface area (Å²) in [5.41, 5.74) is 2.50. The van der Waals surface area contributed by atoms with Crippen LogP contribution < -0.4 is 0 Å². The van der Waals surface area contributed by atoms with Crippen LogP contribution in [0.2, 0.25) is 5.02 Å². The monoisotopic (exact) mass is 256 g/mol. The van der Waals surface area contributed by atoms with Gasteiger partial charge in [0.2, 0.25) is 0 Å². The van der Waals surface area contributed by atoms with Crippen LogP contribution in [0.3, 0.4) is 0 Å². The standard InChI is InChI=1S/C14H18Cl2/c1-9-3-4-12(14(16)7-9)8-11-5-6-13(15)10(11)2/h3-4,7,10-11,13H,5-6,8H2,1-2H3. The molecule has 0 bridgehead atoms. The van der Waals surface area contributed by atoms with E-state index < -0.39 is 0 Å². The topological polar surface area (TPSA) is 0 Å². The van der Waals surface area contributed by atoms with Crippen LogP contribution in [0.15, 0.2) is 18.2 Å². The molecule has 2 heteroatoms. The fourth-order valence-corrected chi connectivity index (χ4v) is 3.23. The highest BCUT2D eigenvalue weighted by Gasteiger charge is 2.31. The van der Waals surface area contributed by atoms with Crippen LogP contribution in [0, 0.1) is 18.8 Å². The highest BCUT2D eigenvalue weighted by Crippen LogP contribution is 2.38. The lowest BCUT2D eigenvalue weighted by atomic mass is 9.90. The second-order valence-electron chi connectivity index (χ2n) is 5.01. The molecule has 0 spiro atoms. The van der Waals surface area contributed by atoms with Gasteiger partial charge < -0.3 is 0 Å². The lowest BCUT2D eigenvalue weighted by Crippen LogP contribution is -2.13. The molecule has 1 saturated carbocycles. The zero-order valence-corrected chi connectivity index (χ0v) is 11.4. The van der Waals surface area contributed by atoms with Gasteiger partial charge in [-0.2, -0.15) is 0 Å². The van der Waals surface area contributed by atoms with Crippen LogP contribution in [0.5, 0.6) is 0 Å². The highest BCUT2D eigenvalue weighted by atomic mass is 35.5. The molecule has 3 atom stereocenters. The largest absolute Gasteiger partial charge is 0.123 e. The maximum atomic E-state index is 6.26. The normalized spacial score (nSPS) is 29.6. The number of hydrogen-bond acceptors (Lipinski definition) is 0. The van der Waals surface area contributed by atoms with Gasteiger partial charge in [-0.05, 0) is 55.2 Å². The van der Waals surface area contributed by atoms with Crippen molar-refractivity contribution in [3.05, 3.63) is 34.3 Å². The Morgan fingerprint density at radius 3 is 2.62 bits per heavy atom. The van der Waals surface area contributed by atoms with Gasteiger partial charge in [-0.15, -0.1) is 11.6 Å². The van der Waals surface area contributed by atoms with E-state index in [1.807, 2.05) is 0 Å². The third kappa shape index (κ3) is 2.55. The Bertz CT molecular complexity index is 373. The van der Waals surface area contributed by atoms with Gasteiger partial charge in [0.25, 0.3) is 0 Å². The van der Waals surface area contributed by atoms with Gasteiger partial charge in [0.1, 0.15) is 0 Å². The Balaban J connectivity index is 2.09. The van der Waals surface area contributed by atoms with Crippen molar-refractivity contribution < 1.29 is 0 Å². The third-order valence-electron chi connectivity index (χ3n) is 3.82. The third-order valence-corrected chi connectivity index (χ3v) is 4.79. The minimum absolute atomic E-state index is 0.356. The number of halogens is 2. The van der Waals surface area contributed by atoms with Gasteiger partial charge in [-0.3, -0.25) is 0 Å². The summed E-state index contributed by atoms with van der Waals surface area (Å²) in [6.45, 7) is 4.33. The molecule has 2 rings (SSSR count). The van der Waals surface area contributed by atoms with E-state index in [4.69, 9.17) is 23.2 Å². The van der Waals surface area contributed by atoms with Gasteiger partial charge in [0.05, 0.1) is 0 Å². The van der Waals surface area contributed by atoms with Crippen molar-refractivity contribution in [2.75, 3.05) is 0 Å². The summed E-state index contributed by atoms with van der Waals surface area (Å²) in [6, 6.07) is 6.35. The molecular formula is C14H18Cl2. The molecule has 1 aliphatic rings. The first kappa shape index (κ1) is 12.3. The van der Waals surface area contributed by atoms with Gasteiger partial charge in [-0.1, -0.05) is 30.7 Å². The van der Waals surface area contributed by atoms with Crippen molar-refractivity contribution in [2.24, 2.45) is 11.8 Å². The Labute approximate surface area is 108 Å². The van der Waals surface area contributed by atoms with Crippen molar-refractivity contribution in [3.63, 3.8) is 0 Å². The fourth-order valence-electron chi connectivity index (χ4n) is 2.58. The zero-order chi connectivity index (χ0) is 11.7. The SMILES string of the molecule is Cc1ccc(CC2CCC(Cl)C2C)c(Cl)c1. The van der Waals surface area contributed by atoms with E-state index in [1.54, 1.807) is 0 Å². The lowest BCUT2D eigenvalue weighted by Gasteiger charge is -2.17. The average Bonchev–Trinajstić information content (AvgIpc) is 2.54.